The zero-order valence-corrected chi connectivity index (χ0v) is 11.8. The summed E-state index contributed by atoms with van der Waals surface area (Å²) in [7, 11) is 1.61. The molecule has 0 spiro atoms. The first kappa shape index (κ1) is 15.8. The van der Waals surface area contributed by atoms with Crippen molar-refractivity contribution in [1.29, 1.82) is 5.26 Å². The van der Waals surface area contributed by atoms with E-state index >= 15 is 0 Å². The first-order valence-corrected chi connectivity index (χ1v) is 6.53. The van der Waals surface area contributed by atoms with Crippen molar-refractivity contribution in [2.24, 2.45) is 0 Å². The summed E-state index contributed by atoms with van der Waals surface area (Å²) in [6.45, 7) is 2.73. The molecule has 0 aromatic carbocycles. The lowest BCUT2D eigenvalue weighted by molar-refractivity contribution is -0.130. The van der Waals surface area contributed by atoms with E-state index in [0.29, 0.717) is 13.2 Å². The number of hydrogen-bond donors (Lipinski definition) is 0. The number of carbonyl (C=O) groups excluding carboxylic acids is 1. The van der Waals surface area contributed by atoms with Crippen molar-refractivity contribution in [3.8, 4) is 11.8 Å². The SMILES string of the molecule is CCCOc1cccn(CC(=O)N(C)CCC#N)c1=O. The highest BCUT2D eigenvalue weighted by molar-refractivity contribution is 5.75. The van der Waals surface area contributed by atoms with Gasteiger partial charge >= 0.3 is 0 Å². The number of amides is 1. The second kappa shape index (κ2) is 8.00. The fourth-order valence-electron chi connectivity index (χ4n) is 1.57. The van der Waals surface area contributed by atoms with Crippen LogP contribution in [-0.2, 0) is 11.3 Å². The van der Waals surface area contributed by atoms with Crippen LogP contribution in [0.15, 0.2) is 23.1 Å². The number of rotatable bonds is 7. The van der Waals surface area contributed by atoms with Gasteiger partial charge in [0.2, 0.25) is 5.91 Å². The predicted molar refractivity (Wildman–Crippen MR) is 74.4 cm³/mol. The molecule has 1 heterocycles. The normalized spacial score (nSPS) is 9.85. The minimum absolute atomic E-state index is 0.0515. The molecule has 0 bridgehead atoms. The molecule has 6 heteroatoms. The highest BCUT2D eigenvalue weighted by atomic mass is 16.5. The van der Waals surface area contributed by atoms with Gasteiger partial charge in [0, 0.05) is 19.8 Å². The van der Waals surface area contributed by atoms with Crippen LogP contribution in [0.2, 0.25) is 0 Å². The van der Waals surface area contributed by atoms with Crippen LogP contribution in [0.25, 0.3) is 0 Å². The van der Waals surface area contributed by atoms with E-state index in [-0.39, 0.29) is 30.2 Å². The van der Waals surface area contributed by atoms with Crippen LogP contribution in [0.5, 0.6) is 5.75 Å². The number of ether oxygens (including phenoxy) is 1. The second-order valence-electron chi connectivity index (χ2n) is 4.38. The lowest BCUT2D eigenvalue weighted by atomic mass is 10.4. The lowest BCUT2D eigenvalue weighted by Crippen LogP contribution is -2.34. The summed E-state index contributed by atoms with van der Waals surface area (Å²) < 4.78 is 6.65. The number of nitrogens with zero attached hydrogens (tertiary/aromatic N) is 3. The molecule has 0 aliphatic carbocycles. The number of hydrogen-bond acceptors (Lipinski definition) is 4. The van der Waals surface area contributed by atoms with E-state index in [2.05, 4.69) is 0 Å². The summed E-state index contributed by atoms with van der Waals surface area (Å²) >= 11 is 0. The Morgan fingerprint density at radius 3 is 2.95 bits per heavy atom. The largest absolute Gasteiger partial charge is 0.488 e. The van der Waals surface area contributed by atoms with Gasteiger partial charge in [0.1, 0.15) is 6.54 Å². The van der Waals surface area contributed by atoms with Gasteiger partial charge in [-0.25, -0.2) is 0 Å². The molecule has 0 aliphatic rings. The van der Waals surface area contributed by atoms with Gasteiger partial charge in [0.25, 0.3) is 5.56 Å². The van der Waals surface area contributed by atoms with Crippen molar-refractivity contribution in [3.63, 3.8) is 0 Å². The molecule has 0 atom stereocenters. The fourth-order valence-corrected chi connectivity index (χ4v) is 1.57. The molecule has 0 fully saturated rings. The molecule has 0 N–H and O–H groups in total. The molecule has 0 radical (unpaired) electrons. The number of likely N-dealkylation sites (N-methyl/N-ethyl adjacent to an activating group) is 1. The first-order chi connectivity index (χ1) is 9.60. The smallest absolute Gasteiger partial charge is 0.293 e. The van der Waals surface area contributed by atoms with Crippen molar-refractivity contribution in [3.05, 3.63) is 28.7 Å². The molecule has 0 aliphatic heterocycles. The van der Waals surface area contributed by atoms with Gasteiger partial charge in [-0.2, -0.15) is 5.26 Å². The Balaban J connectivity index is 2.75. The van der Waals surface area contributed by atoms with E-state index in [4.69, 9.17) is 10.00 Å². The minimum Gasteiger partial charge on any atom is -0.488 e. The van der Waals surface area contributed by atoms with Crippen LogP contribution >= 0.6 is 0 Å². The topological polar surface area (TPSA) is 75.3 Å². The Bertz CT molecular complexity index is 545. The predicted octanol–water partition coefficient (Wildman–Crippen LogP) is 1.01. The van der Waals surface area contributed by atoms with Crippen LogP contribution in [0.1, 0.15) is 19.8 Å². The van der Waals surface area contributed by atoms with E-state index in [1.165, 1.54) is 9.47 Å². The highest BCUT2D eigenvalue weighted by Crippen LogP contribution is 2.03. The molecule has 20 heavy (non-hydrogen) atoms. The molecule has 0 unspecified atom stereocenters. The van der Waals surface area contributed by atoms with E-state index < -0.39 is 0 Å². The Kier molecular flexibility index (Phi) is 6.30. The zero-order chi connectivity index (χ0) is 15.0. The molecule has 0 saturated heterocycles. The average Bonchev–Trinajstić information content (AvgIpc) is 2.45. The van der Waals surface area contributed by atoms with Crippen molar-refractivity contribution in [1.82, 2.24) is 9.47 Å². The monoisotopic (exact) mass is 277 g/mol. The van der Waals surface area contributed by atoms with Crippen LogP contribution in [0, 0.1) is 11.3 Å². The quantitative estimate of drug-likeness (QED) is 0.745. The molecule has 1 rings (SSSR count). The van der Waals surface area contributed by atoms with Crippen molar-refractivity contribution >= 4 is 5.91 Å². The van der Waals surface area contributed by atoms with Crippen molar-refractivity contribution < 1.29 is 9.53 Å². The first-order valence-electron chi connectivity index (χ1n) is 6.53. The van der Waals surface area contributed by atoms with Gasteiger partial charge in [-0.15, -0.1) is 0 Å². The van der Waals surface area contributed by atoms with E-state index in [1.54, 1.807) is 25.4 Å². The molecule has 6 nitrogen and oxygen atoms in total. The summed E-state index contributed by atoms with van der Waals surface area (Å²) in [4.78, 5) is 25.4. The summed E-state index contributed by atoms with van der Waals surface area (Å²) in [6.07, 6.45) is 2.64. The van der Waals surface area contributed by atoms with Crippen molar-refractivity contribution in [2.45, 2.75) is 26.3 Å². The van der Waals surface area contributed by atoms with Crippen LogP contribution in [0.3, 0.4) is 0 Å². The maximum Gasteiger partial charge on any atom is 0.293 e. The average molecular weight is 277 g/mol. The number of nitriles is 1. The maximum absolute atomic E-state index is 12.1. The van der Waals surface area contributed by atoms with Gasteiger partial charge < -0.3 is 14.2 Å². The molecule has 0 saturated carbocycles. The Morgan fingerprint density at radius 2 is 2.30 bits per heavy atom. The van der Waals surface area contributed by atoms with Crippen molar-refractivity contribution in [2.75, 3.05) is 20.2 Å². The number of carbonyl (C=O) groups is 1. The minimum atomic E-state index is -0.317. The molecular formula is C14H19N3O3. The Morgan fingerprint density at radius 1 is 1.55 bits per heavy atom. The third-order valence-electron chi connectivity index (χ3n) is 2.74. The second-order valence-corrected chi connectivity index (χ2v) is 4.38. The maximum atomic E-state index is 12.1. The van der Waals surface area contributed by atoms with Gasteiger partial charge in [0.05, 0.1) is 19.1 Å². The Hall–Kier alpha value is -2.29. The molecule has 1 aromatic heterocycles. The summed E-state index contributed by atoms with van der Waals surface area (Å²) in [6, 6.07) is 5.25. The van der Waals surface area contributed by atoms with Gasteiger partial charge in [-0.05, 0) is 18.6 Å². The zero-order valence-electron chi connectivity index (χ0n) is 11.8. The van der Waals surface area contributed by atoms with Crippen LogP contribution < -0.4 is 10.3 Å². The van der Waals surface area contributed by atoms with Gasteiger partial charge in [-0.3, -0.25) is 9.59 Å². The molecule has 1 aromatic rings. The van der Waals surface area contributed by atoms with E-state index in [1.807, 2.05) is 13.0 Å². The number of pyridine rings is 1. The third-order valence-corrected chi connectivity index (χ3v) is 2.74. The molecule has 1 amide bonds. The molecule has 108 valence electrons. The number of aromatic nitrogens is 1. The van der Waals surface area contributed by atoms with E-state index in [9.17, 15) is 9.59 Å². The Labute approximate surface area is 118 Å². The lowest BCUT2D eigenvalue weighted by Gasteiger charge is -2.16. The van der Waals surface area contributed by atoms with Gasteiger partial charge in [-0.1, -0.05) is 6.92 Å². The third kappa shape index (κ3) is 4.43. The summed E-state index contributed by atoms with van der Waals surface area (Å²) in [5, 5.41) is 8.49. The summed E-state index contributed by atoms with van der Waals surface area (Å²) in [5.74, 6) is 0.0387. The molecular weight excluding hydrogens is 258 g/mol. The standard InChI is InChI=1S/C14H19N3O3/c1-3-10-20-12-6-4-9-17(14(12)19)11-13(18)16(2)8-5-7-15/h4,6,9H,3,5,8,10-11H2,1-2H3. The summed E-state index contributed by atoms with van der Waals surface area (Å²) in [5.41, 5.74) is -0.317. The highest BCUT2D eigenvalue weighted by Gasteiger charge is 2.11. The van der Waals surface area contributed by atoms with Crippen LogP contribution in [0.4, 0.5) is 0 Å². The van der Waals surface area contributed by atoms with Gasteiger partial charge in [0.15, 0.2) is 5.75 Å². The van der Waals surface area contributed by atoms with E-state index in [0.717, 1.165) is 6.42 Å². The fraction of sp³-hybridized carbons (Fsp3) is 0.500. The van der Waals surface area contributed by atoms with Crippen LogP contribution in [-0.4, -0.2) is 35.6 Å².